The van der Waals surface area contributed by atoms with Gasteiger partial charge in [-0.05, 0) is 67.6 Å². The molecule has 0 aromatic carbocycles. The van der Waals surface area contributed by atoms with E-state index in [4.69, 9.17) is 0 Å². The molecule has 2 rings (SSSR count). The van der Waals surface area contributed by atoms with Crippen LogP contribution < -0.4 is 0 Å². The van der Waals surface area contributed by atoms with Gasteiger partial charge in [-0.3, -0.25) is 0 Å². The molecule has 0 amide bonds. The molecule has 170 valence electrons. The largest absolute Gasteiger partial charge is 0.393 e. The maximum absolute atomic E-state index is 10.4. The van der Waals surface area contributed by atoms with E-state index in [1.807, 2.05) is 13.8 Å². The number of hydrogen-bond acceptors (Lipinski definition) is 3. The van der Waals surface area contributed by atoms with Crippen LogP contribution in [-0.4, -0.2) is 33.1 Å². The van der Waals surface area contributed by atoms with Gasteiger partial charge in [0.15, 0.2) is 0 Å². The van der Waals surface area contributed by atoms with E-state index in [2.05, 4.69) is 57.8 Å². The summed E-state index contributed by atoms with van der Waals surface area (Å²) in [6, 6.07) is 0. The average molecular weight is 417 g/mol. The summed E-state index contributed by atoms with van der Waals surface area (Å²) in [6.07, 6.45) is 12.1. The molecule has 0 aliphatic heterocycles. The normalized spacial score (nSPS) is 32.7. The van der Waals surface area contributed by atoms with Crippen molar-refractivity contribution in [3.63, 3.8) is 0 Å². The second-order valence-electron chi connectivity index (χ2n) is 10.6. The summed E-state index contributed by atoms with van der Waals surface area (Å²) < 4.78 is 0. The maximum atomic E-state index is 10.4. The average Bonchev–Trinajstić information content (AvgIpc) is 2.91. The lowest BCUT2D eigenvalue weighted by Gasteiger charge is -2.45. The maximum Gasteiger partial charge on any atom is 0.125 e. The molecule has 0 bridgehead atoms. The van der Waals surface area contributed by atoms with E-state index in [-0.39, 0.29) is 10.8 Å². The van der Waals surface area contributed by atoms with E-state index < -0.39 is 17.8 Å². The zero-order chi connectivity index (χ0) is 22.6. The molecule has 0 aromatic rings. The highest BCUT2D eigenvalue weighted by molar-refractivity contribution is 5.20. The van der Waals surface area contributed by atoms with Crippen LogP contribution in [0.3, 0.4) is 0 Å². The van der Waals surface area contributed by atoms with E-state index >= 15 is 0 Å². The van der Waals surface area contributed by atoms with Crippen LogP contribution in [0.2, 0.25) is 0 Å². The summed E-state index contributed by atoms with van der Waals surface area (Å²) >= 11 is 0. The van der Waals surface area contributed by atoms with Gasteiger partial charge in [0, 0.05) is 6.42 Å². The first-order chi connectivity index (χ1) is 14.0. The first kappa shape index (κ1) is 25.2. The Hall–Kier alpha value is -1.08. The highest BCUT2D eigenvalue weighted by Gasteiger charge is 2.52. The van der Waals surface area contributed by atoms with Crippen LogP contribution in [0.25, 0.3) is 0 Å². The lowest BCUT2D eigenvalue weighted by molar-refractivity contribution is 0.0475. The molecule has 0 unspecified atom stereocenters. The van der Waals surface area contributed by atoms with Crippen LogP contribution in [0.5, 0.6) is 0 Å². The van der Waals surface area contributed by atoms with Crippen molar-refractivity contribution in [2.75, 3.05) is 0 Å². The molecule has 0 aromatic heterocycles. The second-order valence-corrected chi connectivity index (χ2v) is 10.6. The topological polar surface area (TPSA) is 60.7 Å². The SMILES string of the molecule is CCC(O)(C#CC[C@@H](C)[C@@]1(C)CC[C@@H](/C=C/C=C2C[C@@H](O)C[C@H](O)C2)C1(C)C)CC. The van der Waals surface area contributed by atoms with Gasteiger partial charge in [0.25, 0.3) is 0 Å². The zero-order valence-corrected chi connectivity index (χ0v) is 20.0. The van der Waals surface area contributed by atoms with E-state index in [1.54, 1.807) is 0 Å². The Morgan fingerprint density at radius 1 is 1.13 bits per heavy atom. The smallest absolute Gasteiger partial charge is 0.125 e. The van der Waals surface area contributed by atoms with Crippen LogP contribution in [-0.2, 0) is 0 Å². The van der Waals surface area contributed by atoms with Gasteiger partial charge in [-0.25, -0.2) is 0 Å². The Balaban J connectivity index is 2.05. The molecular formula is C27H44O3. The summed E-state index contributed by atoms with van der Waals surface area (Å²) in [4.78, 5) is 0. The van der Waals surface area contributed by atoms with Crippen molar-refractivity contribution in [3.05, 3.63) is 23.8 Å². The predicted octanol–water partition coefficient (Wildman–Crippen LogP) is 5.40. The molecule has 2 fully saturated rings. The molecule has 2 aliphatic rings. The summed E-state index contributed by atoms with van der Waals surface area (Å²) in [5, 5.41) is 30.2. The van der Waals surface area contributed by atoms with Gasteiger partial charge in [-0.15, -0.1) is 0 Å². The molecule has 2 aliphatic carbocycles. The Kier molecular flexibility index (Phi) is 8.42. The highest BCUT2D eigenvalue weighted by Crippen LogP contribution is 2.60. The number of aliphatic hydroxyl groups excluding tert-OH is 2. The minimum Gasteiger partial charge on any atom is -0.393 e. The summed E-state index contributed by atoms with van der Waals surface area (Å²) in [5.41, 5.74) is 0.641. The van der Waals surface area contributed by atoms with Gasteiger partial charge in [-0.2, -0.15) is 0 Å². The van der Waals surface area contributed by atoms with Crippen molar-refractivity contribution in [2.24, 2.45) is 22.7 Å². The summed E-state index contributed by atoms with van der Waals surface area (Å²) in [5.74, 6) is 7.38. The zero-order valence-electron chi connectivity index (χ0n) is 20.0. The van der Waals surface area contributed by atoms with E-state index in [9.17, 15) is 15.3 Å². The van der Waals surface area contributed by atoms with Crippen molar-refractivity contribution < 1.29 is 15.3 Å². The number of allylic oxidation sites excluding steroid dienone is 3. The van der Waals surface area contributed by atoms with Crippen molar-refractivity contribution in [1.82, 2.24) is 0 Å². The van der Waals surface area contributed by atoms with Crippen molar-refractivity contribution in [3.8, 4) is 11.8 Å². The third kappa shape index (κ3) is 5.58. The van der Waals surface area contributed by atoms with Gasteiger partial charge in [0.1, 0.15) is 5.60 Å². The van der Waals surface area contributed by atoms with Gasteiger partial charge in [-0.1, -0.05) is 77.2 Å². The third-order valence-electron chi connectivity index (χ3n) is 8.58. The molecule has 3 N–H and O–H groups in total. The molecule has 0 heterocycles. The molecule has 0 spiro atoms. The Morgan fingerprint density at radius 2 is 1.73 bits per heavy atom. The quantitative estimate of drug-likeness (QED) is 0.508. The van der Waals surface area contributed by atoms with Crippen molar-refractivity contribution in [1.29, 1.82) is 0 Å². The number of rotatable bonds is 6. The van der Waals surface area contributed by atoms with E-state index in [0.29, 0.717) is 43.9 Å². The summed E-state index contributed by atoms with van der Waals surface area (Å²) in [6.45, 7) is 13.5. The van der Waals surface area contributed by atoms with Crippen LogP contribution in [0.4, 0.5) is 0 Å². The summed E-state index contributed by atoms with van der Waals surface area (Å²) in [7, 11) is 0. The van der Waals surface area contributed by atoms with Crippen LogP contribution >= 0.6 is 0 Å². The fourth-order valence-corrected chi connectivity index (χ4v) is 5.43. The molecule has 30 heavy (non-hydrogen) atoms. The fraction of sp³-hybridized carbons (Fsp3) is 0.778. The molecule has 3 nitrogen and oxygen atoms in total. The van der Waals surface area contributed by atoms with Crippen molar-refractivity contribution >= 4 is 0 Å². The number of aliphatic hydroxyl groups is 3. The highest BCUT2D eigenvalue weighted by atomic mass is 16.3. The van der Waals surface area contributed by atoms with Crippen LogP contribution in [0.15, 0.2) is 23.8 Å². The lowest BCUT2D eigenvalue weighted by Crippen LogP contribution is -2.38. The molecule has 3 heteroatoms. The third-order valence-corrected chi connectivity index (χ3v) is 8.58. The van der Waals surface area contributed by atoms with Crippen LogP contribution in [0, 0.1) is 34.5 Å². The van der Waals surface area contributed by atoms with Crippen LogP contribution in [0.1, 0.15) is 92.9 Å². The second kappa shape index (κ2) is 10.0. The fourth-order valence-electron chi connectivity index (χ4n) is 5.43. The first-order valence-corrected chi connectivity index (χ1v) is 11.9. The number of hydrogen-bond donors (Lipinski definition) is 3. The molecule has 2 saturated carbocycles. The minimum atomic E-state index is -0.842. The Morgan fingerprint density at radius 3 is 2.30 bits per heavy atom. The molecule has 0 saturated heterocycles. The van der Waals surface area contributed by atoms with E-state index in [0.717, 1.165) is 12.0 Å². The standard InChI is InChI=1S/C27H44O3/c1-7-27(30,8-2)15-10-11-20(3)26(6)16-14-22(25(26,4)5)13-9-12-21-17-23(28)19-24(29)18-21/h9,12-13,20,22-24,28-30H,7-8,11,14,16-19H2,1-6H3/b13-9+/t20-,22-,23-,24-,26-/m1/s1. The molecular weight excluding hydrogens is 372 g/mol. The van der Waals surface area contributed by atoms with Gasteiger partial charge < -0.3 is 15.3 Å². The first-order valence-electron chi connectivity index (χ1n) is 11.9. The molecule has 0 radical (unpaired) electrons. The lowest BCUT2D eigenvalue weighted by atomic mass is 9.59. The monoisotopic (exact) mass is 416 g/mol. The molecule has 5 atom stereocenters. The van der Waals surface area contributed by atoms with Gasteiger partial charge in [0.2, 0.25) is 0 Å². The minimum absolute atomic E-state index is 0.153. The van der Waals surface area contributed by atoms with Gasteiger partial charge in [0.05, 0.1) is 12.2 Å². The van der Waals surface area contributed by atoms with Gasteiger partial charge >= 0.3 is 0 Å². The van der Waals surface area contributed by atoms with E-state index in [1.165, 1.54) is 12.8 Å². The predicted molar refractivity (Wildman–Crippen MR) is 125 cm³/mol. The van der Waals surface area contributed by atoms with Crippen molar-refractivity contribution in [2.45, 2.75) is 111 Å². The Bertz CT molecular complexity index is 677. The Labute approximate surface area is 184 Å².